The summed E-state index contributed by atoms with van der Waals surface area (Å²) in [4.78, 5) is 25.9. The maximum absolute atomic E-state index is 13.6. The lowest BCUT2D eigenvalue weighted by molar-refractivity contribution is -0.122. The maximum atomic E-state index is 13.6. The molecule has 3 N–H and O–H groups in total. The van der Waals surface area contributed by atoms with Crippen molar-refractivity contribution in [2.45, 2.75) is 10.9 Å². The summed E-state index contributed by atoms with van der Waals surface area (Å²) in [5, 5.41) is 0. The lowest BCUT2D eigenvalue weighted by atomic mass is 10.0. The van der Waals surface area contributed by atoms with Crippen LogP contribution in [0.2, 0.25) is 0 Å². The molecule has 31 heavy (non-hydrogen) atoms. The number of nitrogens with two attached hydrogens (primary N) is 1. The zero-order valence-electron chi connectivity index (χ0n) is 16.5. The topological polar surface area (TPSA) is 110 Å². The van der Waals surface area contributed by atoms with Gasteiger partial charge in [0, 0.05) is 18.3 Å². The molecule has 0 bridgehead atoms. The Bertz CT molecular complexity index is 1200. The molecular formula is C22H20FN3O4S. The molecule has 3 rings (SSSR count). The number of sulfonamides is 1. The maximum Gasteiger partial charge on any atom is 0.261 e. The average molecular weight is 441 g/mol. The molecule has 0 aliphatic rings. The lowest BCUT2D eigenvalue weighted by Gasteiger charge is -2.26. The average Bonchev–Trinajstić information content (AvgIpc) is 2.73. The third-order valence-electron chi connectivity index (χ3n) is 4.58. The van der Waals surface area contributed by atoms with E-state index in [4.69, 9.17) is 5.73 Å². The van der Waals surface area contributed by atoms with Crippen LogP contribution in [0.15, 0.2) is 83.8 Å². The Morgan fingerprint density at radius 2 is 1.61 bits per heavy atom. The van der Waals surface area contributed by atoms with E-state index in [2.05, 4.69) is 4.72 Å². The first-order valence-corrected chi connectivity index (χ1v) is 10.7. The van der Waals surface area contributed by atoms with E-state index in [1.54, 1.807) is 30.3 Å². The molecule has 3 aromatic carbocycles. The van der Waals surface area contributed by atoms with Crippen LogP contribution >= 0.6 is 0 Å². The summed E-state index contributed by atoms with van der Waals surface area (Å²) in [6, 6.07) is 17.7. The van der Waals surface area contributed by atoms with E-state index >= 15 is 0 Å². The number of benzene rings is 3. The van der Waals surface area contributed by atoms with Gasteiger partial charge in [0.2, 0.25) is 5.91 Å². The molecule has 0 aliphatic carbocycles. The van der Waals surface area contributed by atoms with E-state index in [0.717, 1.165) is 11.0 Å². The van der Waals surface area contributed by atoms with E-state index in [0.29, 0.717) is 5.69 Å². The summed E-state index contributed by atoms with van der Waals surface area (Å²) in [5.41, 5.74) is 6.23. The number of anilines is 1. The van der Waals surface area contributed by atoms with Crippen molar-refractivity contribution in [3.8, 4) is 0 Å². The molecule has 1 unspecified atom stereocenters. The lowest BCUT2D eigenvalue weighted by Crippen LogP contribution is -2.39. The summed E-state index contributed by atoms with van der Waals surface area (Å²) >= 11 is 0. The molecule has 160 valence electrons. The minimum atomic E-state index is -3.84. The Hall–Kier alpha value is -3.72. The molecule has 9 heteroatoms. The number of halogens is 1. The first-order valence-electron chi connectivity index (χ1n) is 9.19. The fourth-order valence-corrected chi connectivity index (χ4v) is 4.13. The molecule has 0 spiro atoms. The van der Waals surface area contributed by atoms with Crippen molar-refractivity contribution in [2.75, 3.05) is 11.8 Å². The minimum Gasteiger partial charge on any atom is -0.368 e. The summed E-state index contributed by atoms with van der Waals surface area (Å²) in [7, 11) is -2.48. The first-order chi connectivity index (χ1) is 14.7. The van der Waals surface area contributed by atoms with Crippen LogP contribution in [-0.2, 0) is 14.8 Å². The first kappa shape index (κ1) is 22.0. The van der Waals surface area contributed by atoms with Crippen molar-refractivity contribution in [2.24, 2.45) is 5.73 Å². The van der Waals surface area contributed by atoms with Crippen molar-refractivity contribution in [3.63, 3.8) is 0 Å². The normalized spacial score (nSPS) is 12.1. The van der Waals surface area contributed by atoms with Crippen molar-refractivity contribution in [3.05, 3.63) is 95.8 Å². The third kappa shape index (κ3) is 5.07. The van der Waals surface area contributed by atoms with Gasteiger partial charge in [-0.1, -0.05) is 30.3 Å². The number of rotatable bonds is 7. The van der Waals surface area contributed by atoms with Crippen LogP contribution in [0.5, 0.6) is 0 Å². The molecular weight excluding hydrogens is 421 g/mol. The van der Waals surface area contributed by atoms with E-state index < -0.39 is 33.7 Å². The van der Waals surface area contributed by atoms with Gasteiger partial charge < -0.3 is 10.6 Å². The number of primary amides is 1. The highest BCUT2D eigenvalue weighted by Crippen LogP contribution is 2.23. The van der Waals surface area contributed by atoms with Crippen LogP contribution < -0.4 is 10.5 Å². The number of nitrogens with zero attached hydrogens (tertiary/aromatic N) is 1. The van der Waals surface area contributed by atoms with E-state index in [-0.39, 0.29) is 16.0 Å². The standard InChI is InChI=1S/C22H20FN3O4S/c1-26(20(21(24)27)16-6-5-7-17(23)14-16)22(28)15-10-12-19(13-11-15)31(29,30)25-18-8-3-2-4-9-18/h2-14,20,25H,1H3,(H2,24,27). The van der Waals surface area contributed by atoms with Crippen molar-refractivity contribution in [1.82, 2.24) is 4.90 Å². The summed E-state index contributed by atoms with van der Waals surface area (Å²) < 4.78 is 41.1. The Morgan fingerprint density at radius 3 is 2.19 bits per heavy atom. The molecule has 0 aromatic heterocycles. The van der Waals surface area contributed by atoms with Gasteiger partial charge in [-0.25, -0.2) is 12.8 Å². The number of likely N-dealkylation sites (N-methyl/N-ethyl adjacent to an activating group) is 1. The highest BCUT2D eigenvalue weighted by atomic mass is 32.2. The minimum absolute atomic E-state index is 0.0351. The molecule has 0 fully saturated rings. The molecule has 0 aliphatic heterocycles. The summed E-state index contributed by atoms with van der Waals surface area (Å²) in [5.74, 6) is -1.97. The van der Waals surface area contributed by atoms with Crippen LogP contribution in [0.4, 0.5) is 10.1 Å². The monoisotopic (exact) mass is 441 g/mol. The predicted molar refractivity (Wildman–Crippen MR) is 114 cm³/mol. The SMILES string of the molecule is CN(C(=O)c1ccc(S(=O)(=O)Nc2ccccc2)cc1)C(C(N)=O)c1cccc(F)c1. The number of carbonyl (C=O) groups is 2. The molecule has 0 saturated heterocycles. The van der Waals surface area contributed by atoms with Gasteiger partial charge in [-0.15, -0.1) is 0 Å². The molecule has 3 aromatic rings. The predicted octanol–water partition coefficient (Wildman–Crippen LogP) is 2.93. The second kappa shape index (κ2) is 8.97. The highest BCUT2D eigenvalue weighted by Gasteiger charge is 2.28. The molecule has 2 amide bonds. The fraction of sp³-hybridized carbons (Fsp3) is 0.0909. The van der Waals surface area contributed by atoms with E-state index in [1.165, 1.54) is 49.5 Å². The fourth-order valence-electron chi connectivity index (χ4n) is 3.07. The molecule has 0 saturated carbocycles. The van der Waals surface area contributed by atoms with Gasteiger partial charge in [-0.05, 0) is 54.1 Å². The number of amides is 2. The van der Waals surface area contributed by atoms with Crippen LogP contribution in [0.3, 0.4) is 0 Å². The second-order valence-corrected chi connectivity index (χ2v) is 8.45. The van der Waals surface area contributed by atoms with E-state index in [9.17, 15) is 22.4 Å². The van der Waals surface area contributed by atoms with Crippen molar-refractivity contribution >= 4 is 27.5 Å². The number of hydrogen-bond acceptors (Lipinski definition) is 4. The van der Waals surface area contributed by atoms with Crippen molar-refractivity contribution in [1.29, 1.82) is 0 Å². The van der Waals surface area contributed by atoms with Gasteiger partial charge in [-0.3, -0.25) is 14.3 Å². The van der Waals surface area contributed by atoms with Gasteiger partial charge >= 0.3 is 0 Å². The Balaban J connectivity index is 1.82. The molecule has 1 atom stereocenters. The zero-order chi connectivity index (χ0) is 22.6. The second-order valence-electron chi connectivity index (χ2n) is 6.77. The van der Waals surface area contributed by atoms with Gasteiger partial charge in [0.05, 0.1) is 4.90 Å². The smallest absolute Gasteiger partial charge is 0.261 e. The Kier molecular flexibility index (Phi) is 6.36. The van der Waals surface area contributed by atoms with Crippen LogP contribution in [-0.4, -0.2) is 32.2 Å². The largest absolute Gasteiger partial charge is 0.368 e. The number of carbonyl (C=O) groups excluding carboxylic acids is 2. The zero-order valence-corrected chi connectivity index (χ0v) is 17.3. The molecule has 0 heterocycles. The number of para-hydroxylation sites is 1. The van der Waals surface area contributed by atoms with Crippen LogP contribution in [0.1, 0.15) is 22.0 Å². The Morgan fingerprint density at radius 1 is 0.968 bits per heavy atom. The quantitative estimate of drug-likeness (QED) is 0.587. The molecule has 0 radical (unpaired) electrons. The van der Waals surface area contributed by atoms with Gasteiger partial charge in [0.15, 0.2) is 0 Å². The van der Waals surface area contributed by atoms with Crippen LogP contribution in [0.25, 0.3) is 0 Å². The number of nitrogens with one attached hydrogen (secondary N) is 1. The summed E-state index contributed by atoms with van der Waals surface area (Å²) in [6.45, 7) is 0. The van der Waals surface area contributed by atoms with Gasteiger partial charge in [0.1, 0.15) is 11.9 Å². The van der Waals surface area contributed by atoms with Gasteiger partial charge in [0.25, 0.3) is 15.9 Å². The highest BCUT2D eigenvalue weighted by molar-refractivity contribution is 7.92. The Labute approximate surface area is 179 Å². The summed E-state index contributed by atoms with van der Waals surface area (Å²) in [6.07, 6.45) is 0. The molecule has 7 nitrogen and oxygen atoms in total. The van der Waals surface area contributed by atoms with Gasteiger partial charge in [-0.2, -0.15) is 0 Å². The third-order valence-corrected chi connectivity index (χ3v) is 5.98. The van der Waals surface area contributed by atoms with E-state index in [1.807, 2.05) is 0 Å². The van der Waals surface area contributed by atoms with Crippen molar-refractivity contribution < 1.29 is 22.4 Å². The number of hydrogen-bond donors (Lipinski definition) is 2. The van der Waals surface area contributed by atoms with Crippen LogP contribution in [0, 0.1) is 5.82 Å².